The van der Waals surface area contributed by atoms with Crippen LogP contribution in [-0.4, -0.2) is 46.8 Å². The molecule has 1 fully saturated rings. The fourth-order valence-corrected chi connectivity index (χ4v) is 9.97. The SMILES string of the molecule is C[I-]C(O)(CI(C)C)OC1CCOC1=O. The summed E-state index contributed by atoms with van der Waals surface area (Å²) in [6.45, 7) is 0.419. The number of hydrogen-bond acceptors (Lipinski definition) is 4. The van der Waals surface area contributed by atoms with Crippen molar-refractivity contribution in [1.29, 1.82) is 0 Å². The second-order valence-electron chi connectivity index (χ2n) is 3.49. The van der Waals surface area contributed by atoms with Gasteiger partial charge in [-0.1, -0.05) is 0 Å². The molecule has 6 heteroatoms. The maximum atomic E-state index is 11.2. The molecule has 2 atom stereocenters. The number of aliphatic hydroxyl groups is 1. The number of halogens is 2. The van der Waals surface area contributed by atoms with Crippen LogP contribution in [0.1, 0.15) is 6.42 Å². The van der Waals surface area contributed by atoms with Crippen molar-refractivity contribution in [3.8, 4) is 0 Å². The average Bonchev–Trinajstić information content (AvgIpc) is 2.50. The Bertz CT molecular complexity index is 234. The van der Waals surface area contributed by atoms with Gasteiger partial charge in [-0.3, -0.25) is 0 Å². The van der Waals surface area contributed by atoms with Crippen LogP contribution in [-0.2, 0) is 14.3 Å². The summed E-state index contributed by atoms with van der Waals surface area (Å²) >= 11 is -1.50. The van der Waals surface area contributed by atoms with Gasteiger partial charge in [0.1, 0.15) is 0 Å². The quantitative estimate of drug-likeness (QED) is 0.220. The van der Waals surface area contributed by atoms with Gasteiger partial charge in [0.25, 0.3) is 0 Å². The first kappa shape index (κ1) is 13.9. The number of carbonyl (C=O) groups excluding carboxylic acids is 1. The first-order valence-electron chi connectivity index (χ1n) is 4.50. The Balaban J connectivity index is 2.54. The van der Waals surface area contributed by atoms with Crippen molar-refractivity contribution < 1.29 is 40.6 Å². The molecule has 1 heterocycles. The normalized spacial score (nSPS) is 26.3. The molecule has 0 spiro atoms. The minimum atomic E-state index is -1.05. The van der Waals surface area contributed by atoms with Crippen molar-refractivity contribution in [1.82, 2.24) is 0 Å². The molecule has 1 N–H and O–H groups in total. The molecule has 0 aromatic carbocycles. The first-order chi connectivity index (χ1) is 6.97. The Labute approximate surface area is 108 Å². The molecule has 0 radical (unpaired) electrons. The number of cyclic esters (lactones) is 1. The molecular weight excluding hydrogens is 426 g/mol. The molecule has 92 valence electrons. The number of rotatable bonds is 5. The second-order valence-corrected chi connectivity index (χ2v) is 12.2. The molecule has 0 aromatic heterocycles. The summed E-state index contributed by atoms with van der Waals surface area (Å²) in [6.07, 6.45) is 0.0393. The summed E-state index contributed by atoms with van der Waals surface area (Å²) in [5.74, 6) is -0.321. The number of hydrogen-bond donors (Lipinski definition) is 1. The standard InChI is InChI=1S/C9H17I2O4/c1-10-9(13,6-11(2)3)15-7-4-5-14-8(7)12/h7,13H,4-6H2,1-3H3/q-1. The Morgan fingerprint density at radius 3 is 2.80 bits per heavy atom. The van der Waals surface area contributed by atoms with E-state index in [0.717, 1.165) is 4.43 Å². The Morgan fingerprint density at radius 2 is 2.40 bits per heavy atom. The van der Waals surface area contributed by atoms with Gasteiger partial charge in [0.05, 0.1) is 0 Å². The monoisotopic (exact) mass is 443 g/mol. The van der Waals surface area contributed by atoms with E-state index < -0.39 is 50.9 Å². The summed E-state index contributed by atoms with van der Waals surface area (Å²) in [5, 5.41) is 10.2. The molecule has 1 rings (SSSR count). The molecule has 0 bridgehead atoms. The molecule has 15 heavy (non-hydrogen) atoms. The fourth-order valence-electron chi connectivity index (χ4n) is 1.26. The zero-order chi connectivity index (χ0) is 11.5. The van der Waals surface area contributed by atoms with E-state index in [4.69, 9.17) is 9.47 Å². The van der Waals surface area contributed by atoms with Crippen molar-refractivity contribution >= 4 is 25.8 Å². The summed E-state index contributed by atoms with van der Waals surface area (Å²) in [4.78, 5) is 17.6. The molecule has 0 aliphatic carbocycles. The van der Waals surface area contributed by atoms with E-state index >= 15 is 0 Å². The Kier molecular flexibility index (Phi) is 5.53. The van der Waals surface area contributed by atoms with Crippen LogP contribution in [0.4, 0.5) is 0 Å². The van der Waals surface area contributed by atoms with Crippen molar-refractivity contribution in [2.24, 2.45) is 0 Å². The van der Waals surface area contributed by atoms with Crippen LogP contribution in [0.25, 0.3) is 0 Å². The topological polar surface area (TPSA) is 55.8 Å². The maximum absolute atomic E-state index is 11.2. The average molecular weight is 443 g/mol. The zero-order valence-corrected chi connectivity index (χ0v) is 13.4. The van der Waals surface area contributed by atoms with Gasteiger partial charge >= 0.3 is 109 Å². The molecular formula is C9H17I2O4-. The molecule has 0 aromatic rings. The van der Waals surface area contributed by atoms with Crippen LogP contribution in [0.5, 0.6) is 0 Å². The predicted molar refractivity (Wildman–Crippen MR) is 62.1 cm³/mol. The van der Waals surface area contributed by atoms with Gasteiger partial charge in [-0.05, 0) is 0 Å². The summed E-state index contributed by atoms with van der Waals surface area (Å²) in [5.41, 5.74) is 0. The van der Waals surface area contributed by atoms with Crippen molar-refractivity contribution in [2.75, 3.05) is 25.8 Å². The third kappa shape index (κ3) is 4.31. The van der Waals surface area contributed by atoms with Gasteiger partial charge in [-0.25, -0.2) is 0 Å². The molecule has 2 unspecified atom stereocenters. The number of esters is 1. The van der Waals surface area contributed by atoms with Crippen LogP contribution in [0.3, 0.4) is 0 Å². The van der Waals surface area contributed by atoms with E-state index in [1.807, 2.05) is 4.93 Å². The van der Waals surface area contributed by atoms with Gasteiger partial charge in [0, 0.05) is 0 Å². The second kappa shape index (κ2) is 5.97. The molecule has 0 amide bonds. The predicted octanol–water partition coefficient (Wildman–Crippen LogP) is -2.55. The van der Waals surface area contributed by atoms with E-state index in [-0.39, 0.29) is 5.97 Å². The van der Waals surface area contributed by atoms with Crippen LogP contribution >= 0.6 is 19.8 Å². The van der Waals surface area contributed by atoms with E-state index in [1.165, 1.54) is 0 Å². The molecule has 1 aliphatic rings. The van der Waals surface area contributed by atoms with Crippen LogP contribution in [0.2, 0.25) is 0 Å². The van der Waals surface area contributed by atoms with Gasteiger partial charge in [0.2, 0.25) is 0 Å². The van der Waals surface area contributed by atoms with Crippen LogP contribution in [0.15, 0.2) is 0 Å². The van der Waals surface area contributed by atoms with Crippen molar-refractivity contribution in [3.05, 3.63) is 0 Å². The summed E-state index contributed by atoms with van der Waals surface area (Å²) < 4.78 is 10.1. The van der Waals surface area contributed by atoms with Gasteiger partial charge in [-0.2, -0.15) is 0 Å². The minimum absolute atomic E-state index is 0.321. The molecule has 4 nitrogen and oxygen atoms in total. The van der Waals surface area contributed by atoms with E-state index in [2.05, 4.69) is 9.86 Å². The Morgan fingerprint density at radius 1 is 1.73 bits per heavy atom. The molecule has 1 aliphatic heterocycles. The van der Waals surface area contributed by atoms with E-state index in [0.29, 0.717) is 13.0 Å². The van der Waals surface area contributed by atoms with Crippen LogP contribution in [0, 0.1) is 0 Å². The molecule has 0 saturated carbocycles. The van der Waals surface area contributed by atoms with Crippen LogP contribution < -0.4 is 21.2 Å². The number of alkyl halides is 5. The van der Waals surface area contributed by atoms with Gasteiger partial charge < -0.3 is 0 Å². The zero-order valence-electron chi connectivity index (χ0n) is 9.13. The number of carbonyl (C=O) groups is 1. The first-order valence-corrected chi connectivity index (χ1v) is 13.6. The molecule has 1 saturated heterocycles. The van der Waals surface area contributed by atoms with Crippen molar-refractivity contribution in [3.63, 3.8) is 0 Å². The van der Waals surface area contributed by atoms with Crippen molar-refractivity contribution in [2.45, 2.75) is 16.3 Å². The van der Waals surface area contributed by atoms with Gasteiger partial charge in [0.15, 0.2) is 0 Å². The van der Waals surface area contributed by atoms with Gasteiger partial charge in [-0.15, -0.1) is 0 Å². The van der Waals surface area contributed by atoms with E-state index in [1.54, 1.807) is 0 Å². The number of ether oxygens (including phenoxy) is 2. The fraction of sp³-hybridized carbons (Fsp3) is 0.889. The van der Waals surface area contributed by atoms with E-state index in [9.17, 15) is 9.90 Å². The summed E-state index contributed by atoms with van der Waals surface area (Å²) in [6, 6.07) is 0. The third-order valence-electron chi connectivity index (χ3n) is 1.94. The summed E-state index contributed by atoms with van der Waals surface area (Å²) in [7, 11) is 0. The third-order valence-corrected chi connectivity index (χ3v) is 8.28. The Hall–Kier alpha value is 0.850.